The zero-order chi connectivity index (χ0) is 28.6. The Kier molecular flexibility index (Phi) is 7.31. The zero-order valence-corrected chi connectivity index (χ0v) is 24.1. The number of aromatic amines is 1. The van der Waals surface area contributed by atoms with Crippen LogP contribution in [0.1, 0.15) is 23.9 Å². The molecule has 4 heterocycles. The first-order valence-corrected chi connectivity index (χ1v) is 15.2. The Balaban J connectivity index is 1.56. The van der Waals surface area contributed by atoms with Crippen LogP contribution in [0.2, 0.25) is 0 Å². The van der Waals surface area contributed by atoms with Gasteiger partial charge in [-0.1, -0.05) is 24.4 Å². The molecule has 4 aromatic rings. The van der Waals surface area contributed by atoms with Crippen molar-refractivity contribution < 1.29 is 4.39 Å². The fraction of sp³-hybridized carbons (Fsp3) is 0.156. The van der Waals surface area contributed by atoms with Crippen molar-refractivity contribution in [3.05, 3.63) is 113 Å². The van der Waals surface area contributed by atoms with Crippen LogP contribution in [0, 0.1) is 5.82 Å². The predicted molar refractivity (Wildman–Crippen MR) is 169 cm³/mol. The summed E-state index contributed by atoms with van der Waals surface area (Å²) in [5, 5.41) is 2.82. The Morgan fingerprint density at radius 2 is 1.93 bits per heavy atom. The van der Waals surface area contributed by atoms with Gasteiger partial charge in [0.15, 0.2) is 0 Å². The van der Waals surface area contributed by atoms with Crippen molar-refractivity contribution in [3.8, 4) is 11.1 Å². The highest BCUT2D eigenvalue weighted by atomic mass is 32.2. The van der Waals surface area contributed by atoms with E-state index in [0.29, 0.717) is 6.54 Å². The molecule has 3 aromatic heterocycles. The topological polar surface area (TPSA) is 69.2 Å². The molecule has 1 aliphatic rings. The Labute approximate surface area is 234 Å². The number of allylic oxidation sites excluding steroid dienone is 4. The van der Waals surface area contributed by atoms with Crippen molar-refractivity contribution in [1.82, 2.24) is 24.6 Å². The third kappa shape index (κ3) is 5.54. The molecule has 2 N–H and O–H groups in total. The third-order valence-corrected chi connectivity index (χ3v) is 7.54. The Bertz CT molecular complexity index is 1940. The van der Waals surface area contributed by atoms with Crippen LogP contribution in [0.3, 0.4) is 0 Å². The summed E-state index contributed by atoms with van der Waals surface area (Å²) in [4.78, 5) is 19.3. The van der Waals surface area contributed by atoms with Crippen LogP contribution < -0.4 is 15.3 Å². The maximum Gasteiger partial charge on any atom is 0.124 e. The first kappa shape index (κ1) is 27.3. The third-order valence-electron chi connectivity index (χ3n) is 6.70. The minimum absolute atomic E-state index is 0.299. The normalized spacial score (nSPS) is 13.6. The van der Waals surface area contributed by atoms with Gasteiger partial charge in [0.25, 0.3) is 0 Å². The minimum Gasteiger partial charge on any atom is -0.378 e. The minimum atomic E-state index is -1.42. The maximum absolute atomic E-state index is 14.7. The number of likely N-dealkylation sites (N-methyl/N-ethyl adjacent to an activating group) is 1. The van der Waals surface area contributed by atoms with Gasteiger partial charge in [-0.25, -0.2) is 9.38 Å². The molecule has 0 saturated heterocycles. The second kappa shape index (κ2) is 10.7. The van der Waals surface area contributed by atoms with Crippen molar-refractivity contribution in [1.29, 1.82) is 0 Å². The number of H-pyrrole nitrogens is 1. The molecule has 0 amide bonds. The molecule has 0 radical (unpaired) electrons. The molecule has 0 saturated carbocycles. The number of aromatic nitrogens is 3. The average Bonchev–Trinajstić information content (AvgIpc) is 3.32. The molecular weight excluding hydrogens is 519 g/mol. The number of benzene rings is 1. The van der Waals surface area contributed by atoms with Gasteiger partial charge in [-0.2, -0.15) is 9.39 Å². The van der Waals surface area contributed by atoms with Gasteiger partial charge in [-0.3, -0.25) is 14.7 Å². The highest BCUT2D eigenvalue weighted by Crippen LogP contribution is 2.31. The molecule has 40 heavy (non-hydrogen) atoms. The van der Waals surface area contributed by atoms with Crippen LogP contribution in [-0.2, 0) is 6.54 Å². The number of nitrogens with zero attached hydrogens (tertiary/aromatic N) is 4. The number of pyridine rings is 2. The standard InChI is InChI=1S/C32H33FN6S/c1-8-21(13-24(9-2)39(3)4)28-15-26-31(19-35-28)38-32(26)29-14-25-27(17-34-18-30(25)37-29)22-10-20(11-23(33)12-22)16-36-40(5,6)7/h8-15,17-19,36-37H,2,5-6,16H2,1,3-4,7H3/b21-8+,24-13+. The van der Waals surface area contributed by atoms with Crippen molar-refractivity contribution in [3.63, 3.8) is 0 Å². The lowest BCUT2D eigenvalue weighted by atomic mass is 10.0. The predicted octanol–water partition coefficient (Wildman–Crippen LogP) is 4.89. The first-order valence-electron chi connectivity index (χ1n) is 12.8. The molecule has 5 rings (SSSR count). The summed E-state index contributed by atoms with van der Waals surface area (Å²) in [6.45, 7) is 6.41. The highest BCUT2D eigenvalue weighted by molar-refractivity contribution is 8.25. The molecular formula is C32H33FN6S. The van der Waals surface area contributed by atoms with Gasteiger partial charge < -0.3 is 9.88 Å². The summed E-state index contributed by atoms with van der Waals surface area (Å²) in [6, 6.07) is 9.18. The molecule has 0 bridgehead atoms. The van der Waals surface area contributed by atoms with Crippen LogP contribution >= 0.6 is 9.39 Å². The Morgan fingerprint density at radius 1 is 1.12 bits per heavy atom. The van der Waals surface area contributed by atoms with Gasteiger partial charge in [0.2, 0.25) is 0 Å². The average molecular weight is 553 g/mol. The molecule has 6 nitrogen and oxygen atoms in total. The quantitative estimate of drug-likeness (QED) is 0.229. The van der Waals surface area contributed by atoms with E-state index < -0.39 is 9.39 Å². The maximum atomic E-state index is 14.7. The molecule has 0 spiro atoms. The SMILES string of the molecule is C=C/C(=C\C(=C/C)c1cc2c(cn1)=NC=2c1cc2c(-c3cc(F)cc(CNS(=C)(=C)C)c3)cncc2[nH]1)N(C)C. The number of nitrogens with one attached hydrogen (secondary N) is 2. The summed E-state index contributed by atoms with van der Waals surface area (Å²) >= 11 is 0. The smallest absolute Gasteiger partial charge is 0.124 e. The van der Waals surface area contributed by atoms with Gasteiger partial charge in [-0.05, 0) is 72.4 Å². The van der Waals surface area contributed by atoms with Crippen LogP contribution in [0.5, 0.6) is 0 Å². The monoisotopic (exact) mass is 552 g/mol. The number of fused-ring (bicyclic) bond motifs is 2. The summed E-state index contributed by atoms with van der Waals surface area (Å²) in [7, 11) is 2.55. The van der Waals surface area contributed by atoms with Gasteiger partial charge in [0.05, 0.1) is 40.4 Å². The van der Waals surface area contributed by atoms with Crippen LogP contribution in [0.4, 0.5) is 4.39 Å². The number of hydrogen-bond acceptors (Lipinski definition) is 5. The lowest BCUT2D eigenvalue weighted by Crippen LogP contribution is -2.36. The van der Waals surface area contributed by atoms with E-state index in [2.05, 4.69) is 56.2 Å². The lowest BCUT2D eigenvalue weighted by Gasteiger charge is -2.15. The van der Waals surface area contributed by atoms with E-state index in [1.165, 1.54) is 6.07 Å². The van der Waals surface area contributed by atoms with Gasteiger partial charge in [0, 0.05) is 48.7 Å². The van der Waals surface area contributed by atoms with E-state index in [0.717, 1.165) is 66.5 Å². The molecule has 204 valence electrons. The van der Waals surface area contributed by atoms with E-state index >= 15 is 0 Å². The highest BCUT2D eigenvalue weighted by Gasteiger charge is 2.17. The van der Waals surface area contributed by atoms with Crippen molar-refractivity contribution >= 4 is 43.3 Å². The van der Waals surface area contributed by atoms with Gasteiger partial charge in [-0.15, -0.1) is 0 Å². The van der Waals surface area contributed by atoms with Crippen LogP contribution in [-0.4, -0.2) is 51.9 Å². The number of halogens is 1. The fourth-order valence-corrected chi connectivity index (χ4v) is 5.14. The molecule has 1 aliphatic heterocycles. The van der Waals surface area contributed by atoms with Crippen LogP contribution in [0.15, 0.2) is 84.4 Å². The van der Waals surface area contributed by atoms with E-state index in [1.54, 1.807) is 24.7 Å². The van der Waals surface area contributed by atoms with Crippen molar-refractivity contribution in [2.75, 3.05) is 20.4 Å². The lowest BCUT2D eigenvalue weighted by molar-refractivity contribution is 0.530. The largest absolute Gasteiger partial charge is 0.378 e. The first-order chi connectivity index (χ1) is 19.1. The molecule has 0 aliphatic carbocycles. The molecule has 0 atom stereocenters. The number of rotatable bonds is 9. The van der Waals surface area contributed by atoms with Crippen LogP contribution in [0.25, 0.3) is 33.3 Å². The molecule has 8 heteroatoms. The van der Waals surface area contributed by atoms with E-state index in [1.807, 2.05) is 50.4 Å². The Morgan fingerprint density at radius 3 is 2.62 bits per heavy atom. The van der Waals surface area contributed by atoms with Crippen molar-refractivity contribution in [2.45, 2.75) is 13.5 Å². The number of hydrogen-bond donors (Lipinski definition) is 2. The second-order valence-electron chi connectivity index (χ2n) is 10.2. The molecule has 0 fully saturated rings. The molecule has 0 unspecified atom stereocenters. The summed E-state index contributed by atoms with van der Waals surface area (Å²) in [6.07, 6.45) is 13.2. The van der Waals surface area contributed by atoms with Crippen molar-refractivity contribution in [2.24, 2.45) is 4.99 Å². The van der Waals surface area contributed by atoms with Gasteiger partial charge >= 0.3 is 0 Å². The Hall–Kier alpha value is -4.27. The van der Waals surface area contributed by atoms with E-state index in [-0.39, 0.29) is 5.82 Å². The zero-order valence-electron chi connectivity index (χ0n) is 23.3. The summed E-state index contributed by atoms with van der Waals surface area (Å²) in [5.74, 6) is 7.80. The summed E-state index contributed by atoms with van der Waals surface area (Å²) in [5.41, 5.74) is 7.86. The second-order valence-corrected chi connectivity index (χ2v) is 13.1. The van der Waals surface area contributed by atoms with E-state index in [9.17, 15) is 4.39 Å². The fourth-order valence-electron chi connectivity index (χ4n) is 4.63. The molecule has 1 aromatic carbocycles. The van der Waals surface area contributed by atoms with E-state index in [4.69, 9.17) is 4.99 Å². The van der Waals surface area contributed by atoms with Gasteiger partial charge in [0.1, 0.15) is 5.82 Å². The summed E-state index contributed by atoms with van der Waals surface area (Å²) < 4.78 is 17.9.